The number of nitrogens with zero attached hydrogens (tertiary/aromatic N) is 4. The number of benzene rings is 2. The molecule has 0 fully saturated rings. The van der Waals surface area contributed by atoms with Crippen molar-refractivity contribution in [3.05, 3.63) is 71.8 Å². The summed E-state index contributed by atoms with van der Waals surface area (Å²) in [6.45, 7) is 4.12. The quantitative estimate of drug-likeness (QED) is 0.321. The Kier molecular flexibility index (Phi) is 7.65. The summed E-state index contributed by atoms with van der Waals surface area (Å²) in [6.07, 6.45) is 0. The fourth-order valence-corrected chi connectivity index (χ4v) is 2.70. The minimum atomic E-state index is 0.519. The first-order valence-corrected chi connectivity index (χ1v) is 9.83. The number of nitrogens with one attached hydrogen (secondary N) is 2. The van der Waals surface area contributed by atoms with E-state index >= 15 is 0 Å². The molecule has 1 aromatic heterocycles. The molecule has 8 nitrogen and oxygen atoms in total. The Balaban J connectivity index is 1.58. The summed E-state index contributed by atoms with van der Waals surface area (Å²) in [5, 5.41) is 14.9. The normalized spacial score (nSPS) is 11.2. The number of hydrogen-bond acceptors (Lipinski definition) is 5. The van der Waals surface area contributed by atoms with Gasteiger partial charge in [0.2, 0.25) is 0 Å². The predicted octanol–water partition coefficient (Wildman–Crippen LogP) is 2.45. The van der Waals surface area contributed by atoms with Crippen molar-refractivity contribution in [1.82, 2.24) is 25.4 Å². The molecule has 0 aliphatic rings. The Labute approximate surface area is 177 Å². The van der Waals surface area contributed by atoms with Gasteiger partial charge in [0.15, 0.2) is 11.8 Å². The zero-order valence-electron chi connectivity index (χ0n) is 17.6. The third kappa shape index (κ3) is 6.23. The number of rotatable bonds is 9. The lowest BCUT2D eigenvalue weighted by molar-refractivity contribution is 0.322. The standard InChI is InChI=1S/C22H28N6O2/c1-17-26-27-21(28(17)2)16-25-22(23-13-14-30-20-7-5-4-6-8-20)24-15-18-9-11-19(29-3)12-10-18/h4-12H,13-16H2,1-3H3,(H2,23,24,25). The second kappa shape index (κ2) is 10.8. The molecule has 0 saturated heterocycles. The third-order valence-electron chi connectivity index (χ3n) is 4.58. The van der Waals surface area contributed by atoms with Crippen LogP contribution >= 0.6 is 0 Å². The first kappa shape index (κ1) is 21.2. The van der Waals surface area contributed by atoms with Crippen LogP contribution in [0.15, 0.2) is 59.6 Å². The Morgan fingerprint density at radius 3 is 2.43 bits per heavy atom. The molecule has 0 bridgehead atoms. The summed E-state index contributed by atoms with van der Waals surface area (Å²) in [4.78, 5) is 4.69. The van der Waals surface area contributed by atoms with Crippen LogP contribution in [0.25, 0.3) is 0 Å². The smallest absolute Gasteiger partial charge is 0.192 e. The molecule has 0 amide bonds. The van der Waals surface area contributed by atoms with Crippen molar-refractivity contribution in [3.63, 3.8) is 0 Å². The number of methoxy groups -OCH3 is 1. The van der Waals surface area contributed by atoms with Gasteiger partial charge in [-0.05, 0) is 36.8 Å². The van der Waals surface area contributed by atoms with Crippen LogP contribution in [-0.4, -0.2) is 41.0 Å². The lowest BCUT2D eigenvalue weighted by atomic mass is 10.2. The van der Waals surface area contributed by atoms with E-state index in [4.69, 9.17) is 9.47 Å². The highest BCUT2D eigenvalue weighted by Crippen LogP contribution is 2.12. The van der Waals surface area contributed by atoms with E-state index in [-0.39, 0.29) is 0 Å². The maximum atomic E-state index is 5.74. The molecule has 158 valence electrons. The molecule has 0 atom stereocenters. The Morgan fingerprint density at radius 2 is 1.77 bits per heavy atom. The van der Waals surface area contributed by atoms with E-state index in [1.807, 2.05) is 73.1 Å². The van der Waals surface area contributed by atoms with Crippen molar-refractivity contribution < 1.29 is 9.47 Å². The fraction of sp³-hybridized carbons (Fsp3) is 0.318. The number of aromatic nitrogens is 3. The number of ether oxygens (including phenoxy) is 2. The Hall–Kier alpha value is -3.55. The van der Waals surface area contributed by atoms with Crippen LogP contribution in [0.2, 0.25) is 0 Å². The lowest BCUT2D eigenvalue weighted by Crippen LogP contribution is -2.39. The zero-order chi connectivity index (χ0) is 21.2. The average Bonchev–Trinajstić information content (AvgIpc) is 3.11. The van der Waals surface area contributed by atoms with Gasteiger partial charge >= 0.3 is 0 Å². The summed E-state index contributed by atoms with van der Waals surface area (Å²) >= 11 is 0. The van der Waals surface area contributed by atoms with Crippen LogP contribution in [0, 0.1) is 6.92 Å². The van der Waals surface area contributed by atoms with Gasteiger partial charge in [-0.3, -0.25) is 0 Å². The summed E-state index contributed by atoms with van der Waals surface area (Å²) in [7, 11) is 3.60. The molecule has 2 N–H and O–H groups in total. The molecule has 0 aliphatic heterocycles. The second-order valence-corrected chi connectivity index (χ2v) is 6.68. The SMILES string of the molecule is COc1ccc(CN=C(NCCOc2ccccc2)NCc2nnc(C)n2C)cc1. The van der Waals surface area contributed by atoms with Gasteiger partial charge in [0.1, 0.15) is 23.9 Å². The van der Waals surface area contributed by atoms with Crippen LogP contribution in [0.4, 0.5) is 0 Å². The molecule has 0 spiro atoms. The number of guanidine groups is 1. The topological polar surface area (TPSA) is 85.6 Å². The van der Waals surface area contributed by atoms with Gasteiger partial charge in [0.25, 0.3) is 0 Å². The van der Waals surface area contributed by atoms with Crippen LogP contribution in [0.1, 0.15) is 17.2 Å². The minimum Gasteiger partial charge on any atom is -0.497 e. The van der Waals surface area contributed by atoms with Crippen LogP contribution < -0.4 is 20.1 Å². The molecule has 1 heterocycles. The largest absolute Gasteiger partial charge is 0.497 e. The van der Waals surface area contributed by atoms with E-state index in [2.05, 4.69) is 25.8 Å². The van der Waals surface area contributed by atoms with Crippen LogP contribution in [-0.2, 0) is 20.1 Å². The molecule has 0 unspecified atom stereocenters. The maximum absolute atomic E-state index is 5.74. The highest BCUT2D eigenvalue weighted by Gasteiger charge is 2.06. The monoisotopic (exact) mass is 408 g/mol. The van der Waals surface area contributed by atoms with Crippen LogP contribution in [0.5, 0.6) is 11.5 Å². The van der Waals surface area contributed by atoms with Crippen molar-refractivity contribution in [2.45, 2.75) is 20.0 Å². The van der Waals surface area contributed by atoms with Gasteiger partial charge < -0.3 is 24.7 Å². The van der Waals surface area contributed by atoms with E-state index in [0.29, 0.717) is 32.2 Å². The van der Waals surface area contributed by atoms with Gasteiger partial charge in [-0.15, -0.1) is 10.2 Å². The van der Waals surface area contributed by atoms with Gasteiger partial charge in [-0.2, -0.15) is 0 Å². The molecule has 30 heavy (non-hydrogen) atoms. The summed E-state index contributed by atoms with van der Waals surface area (Å²) in [5.41, 5.74) is 1.09. The van der Waals surface area contributed by atoms with Crippen LogP contribution in [0.3, 0.4) is 0 Å². The molecule has 3 aromatic rings. The molecular formula is C22H28N6O2. The number of para-hydroxylation sites is 1. The van der Waals surface area contributed by atoms with Crippen molar-refractivity contribution in [2.75, 3.05) is 20.3 Å². The zero-order valence-corrected chi connectivity index (χ0v) is 17.6. The highest BCUT2D eigenvalue weighted by molar-refractivity contribution is 5.79. The number of aryl methyl sites for hydroxylation is 1. The number of hydrogen-bond donors (Lipinski definition) is 2. The maximum Gasteiger partial charge on any atom is 0.192 e. The first-order valence-electron chi connectivity index (χ1n) is 9.83. The predicted molar refractivity (Wildman–Crippen MR) is 117 cm³/mol. The molecule has 8 heteroatoms. The molecule has 3 rings (SSSR count). The van der Waals surface area contributed by atoms with Gasteiger partial charge in [-0.1, -0.05) is 30.3 Å². The van der Waals surface area contributed by atoms with E-state index < -0.39 is 0 Å². The van der Waals surface area contributed by atoms with Crippen molar-refractivity contribution in [1.29, 1.82) is 0 Å². The minimum absolute atomic E-state index is 0.519. The molecule has 0 aliphatic carbocycles. The summed E-state index contributed by atoms with van der Waals surface area (Å²) in [5.74, 6) is 4.07. The Morgan fingerprint density at radius 1 is 1.00 bits per heavy atom. The lowest BCUT2D eigenvalue weighted by Gasteiger charge is -2.13. The summed E-state index contributed by atoms with van der Waals surface area (Å²) in [6, 6.07) is 17.6. The molecule has 0 saturated carbocycles. The molecule has 2 aromatic carbocycles. The Bertz CT molecular complexity index is 938. The van der Waals surface area contributed by atoms with Gasteiger partial charge in [-0.25, -0.2) is 4.99 Å². The first-order chi connectivity index (χ1) is 14.7. The number of aliphatic imine (C=N–C) groups is 1. The summed E-state index contributed by atoms with van der Waals surface area (Å²) < 4.78 is 12.9. The van der Waals surface area contributed by atoms with E-state index in [1.165, 1.54) is 0 Å². The van der Waals surface area contributed by atoms with E-state index in [9.17, 15) is 0 Å². The van der Waals surface area contributed by atoms with Crippen molar-refractivity contribution in [3.8, 4) is 11.5 Å². The van der Waals surface area contributed by atoms with Crippen molar-refractivity contribution in [2.24, 2.45) is 12.0 Å². The molecular weight excluding hydrogens is 380 g/mol. The van der Waals surface area contributed by atoms with Crippen molar-refractivity contribution >= 4 is 5.96 Å². The van der Waals surface area contributed by atoms with E-state index in [0.717, 1.165) is 28.7 Å². The third-order valence-corrected chi connectivity index (χ3v) is 4.58. The fourth-order valence-electron chi connectivity index (χ4n) is 2.70. The average molecular weight is 409 g/mol. The van der Waals surface area contributed by atoms with Gasteiger partial charge in [0, 0.05) is 7.05 Å². The van der Waals surface area contributed by atoms with E-state index in [1.54, 1.807) is 7.11 Å². The second-order valence-electron chi connectivity index (χ2n) is 6.68. The van der Waals surface area contributed by atoms with Gasteiger partial charge in [0.05, 0.1) is 26.7 Å². The highest BCUT2D eigenvalue weighted by atomic mass is 16.5. The molecule has 0 radical (unpaired) electrons.